The Morgan fingerprint density at radius 3 is 1.45 bits per heavy atom. The van der Waals surface area contributed by atoms with Gasteiger partial charge in [-0.1, -0.05) is 47.5 Å². The second-order valence-corrected chi connectivity index (χ2v) is 14.8. The van der Waals surface area contributed by atoms with Crippen molar-refractivity contribution in [1.82, 2.24) is 16.0 Å². The van der Waals surface area contributed by atoms with Crippen molar-refractivity contribution in [2.75, 3.05) is 26.3 Å². The third-order valence-electron chi connectivity index (χ3n) is 6.38. The molecule has 0 radical (unpaired) electrons. The van der Waals surface area contributed by atoms with Gasteiger partial charge in [0.25, 0.3) is 0 Å². The lowest BCUT2D eigenvalue weighted by Gasteiger charge is -2.20. The number of hydrogen-bond acceptors (Lipinski definition) is 11. The minimum Gasteiger partial charge on any atom is -0.465 e. The average Bonchev–Trinajstić information content (AvgIpc) is 3.05. The Bertz CT molecular complexity index is 1500. The van der Waals surface area contributed by atoms with Gasteiger partial charge in [0.15, 0.2) is 0 Å². The second-order valence-electron chi connectivity index (χ2n) is 14.0. The van der Waals surface area contributed by atoms with Gasteiger partial charge < -0.3 is 40.6 Å². The molecule has 56 heavy (non-hydrogen) atoms. The fourth-order valence-electron chi connectivity index (χ4n) is 4.01. The molecule has 0 heterocycles. The van der Waals surface area contributed by atoms with Crippen molar-refractivity contribution in [3.8, 4) is 0 Å². The second kappa shape index (κ2) is 28.3. The third kappa shape index (κ3) is 29.2. The van der Waals surface area contributed by atoms with E-state index in [9.17, 15) is 28.8 Å². The topological polar surface area (TPSA) is 201 Å². The maximum absolute atomic E-state index is 12.1. The highest BCUT2D eigenvalue weighted by Gasteiger charge is 2.23. The summed E-state index contributed by atoms with van der Waals surface area (Å²) in [6.45, 7) is 16.6. The zero-order valence-electron chi connectivity index (χ0n) is 33.8. The molecule has 2 atom stereocenters. The first-order valence-corrected chi connectivity index (χ1v) is 18.6. The number of carbonyl (C=O) groups is 6. The number of hydrogen-bond donors (Lipinski definition) is 4. The number of benzene rings is 2. The molecule has 0 aromatic heterocycles. The highest BCUT2D eigenvalue weighted by Crippen LogP contribution is 2.13. The van der Waals surface area contributed by atoms with Crippen molar-refractivity contribution in [1.29, 1.82) is 0 Å². The maximum Gasteiger partial charge on any atom is 0.407 e. The number of halogens is 3. The summed E-state index contributed by atoms with van der Waals surface area (Å²) in [4.78, 5) is 68.6. The molecule has 2 aromatic rings. The largest absolute Gasteiger partial charge is 0.465 e. The van der Waals surface area contributed by atoms with E-state index in [2.05, 4.69) is 16.0 Å². The van der Waals surface area contributed by atoms with Crippen molar-refractivity contribution in [2.45, 2.75) is 111 Å². The molecule has 0 saturated heterocycles. The molecule has 0 bridgehead atoms. The summed E-state index contributed by atoms with van der Waals surface area (Å²) in [5, 5.41) is 8.89. The molecule has 0 aliphatic carbocycles. The number of ketones is 1. The van der Waals surface area contributed by atoms with E-state index < -0.39 is 41.4 Å². The van der Waals surface area contributed by atoms with E-state index in [1.165, 1.54) is 6.92 Å². The normalized spacial score (nSPS) is 11.6. The molecule has 0 spiro atoms. The van der Waals surface area contributed by atoms with Gasteiger partial charge in [-0.05, 0) is 104 Å². The van der Waals surface area contributed by atoms with Gasteiger partial charge in [0.05, 0.1) is 13.2 Å². The number of nitrogens with two attached hydrogens (primary N) is 1. The monoisotopic (exact) mass is 848 g/mol. The minimum absolute atomic E-state index is 0. The fourth-order valence-corrected chi connectivity index (χ4v) is 4.26. The zero-order chi connectivity index (χ0) is 42.2. The Morgan fingerprint density at radius 1 is 0.661 bits per heavy atom. The Balaban J connectivity index is 0. The van der Waals surface area contributed by atoms with Gasteiger partial charge in [-0.2, -0.15) is 0 Å². The van der Waals surface area contributed by atoms with Crippen LogP contribution >= 0.6 is 35.6 Å². The van der Waals surface area contributed by atoms with Crippen LogP contribution in [0.3, 0.4) is 0 Å². The van der Waals surface area contributed by atoms with Crippen molar-refractivity contribution < 1.29 is 47.7 Å². The van der Waals surface area contributed by atoms with Crippen LogP contribution in [0.4, 0.5) is 9.59 Å². The molecule has 2 rings (SSSR count). The van der Waals surface area contributed by atoms with Crippen LogP contribution in [0.2, 0.25) is 10.0 Å². The average molecular weight is 850 g/mol. The number of esters is 2. The van der Waals surface area contributed by atoms with E-state index in [0.717, 1.165) is 11.1 Å². The first-order chi connectivity index (χ1) is 25.5. The summed E-state index contributed by atoms with van der Waals surface area (Å²) in [6.07, 6.45) is 0.0267. The molecular formula is C39H59Cl3N4O10. The quantitative estimate of drug-likeness (QED) is 0.112. The Labute approximate surface area is 347 Å². The van der Waals surface area contributed by atoms with Crippen molar-refractivity contribution in [3.05, 3.63) is 69.7 Å². The molecular weight excluding hydrogens is 791 g/mol. The van der Waals surface area contributed by atoms with Crippen molar-refractivity contribution in [3.63, 3.8) is 0 Å². The molecule has 17 heteroatoms. The smallest absolute Gasteiger partial charge is 0.407 e. The van der Waals surface area contributed by atoms with Gasteiger partial charge in [0.1, 0.15) is 29.1 Å². The number of Topliss-reactive ketones (excluding diaryl/α,β-unsaturated/α-hetero) is 1. The molecule has 2 aromatic carbocycles. The molecule has 0 aliphatic rings. The van der Waals surface area contributed by atoms with E-state index in [1.54, 1.807) is 91.8 Å². The summed E-state index contributed by atoms with van der Waals surface area (Å²) in [5.74, 6) is -1.21. The van der Waals surface area contributed by atoms with Crippen molar-refractivity contribution >= 4 is 71.4 Å². The maximum atomic E-state index is 12.1. The number of alkyl carbamates (subject to hydrolysis) is 2. The molecule has 0 aliphatic heterocycles. The fraction of sp³-hybridized carbons (Fsp3) is 0.538. The Kier molecular flexibility index (Phi) is 27.3. The number of ether oxygens (including phenoxy) is 4. The molecule has 316 valence electrons. The highest BCUT2D eigenvalue weighted by atomic mass is 35.5. The van der Waals surface area contributed by atoms with Crippen molar-refractivity contribution in [2.24, 2.45) is 5.73 Å². The first kappa shape index (κ1) is 54.0. The van der Waals surface area contributed by atoms with Gasteiger partial charge in [-0.15, -0.1) is 12.4 Å². The summed E-state index contributed by atoms with van der Waals surface area (Å²) in [5.41, 5.74) is 6.38. The molecule has 2 unspecified atom stereocenters. The van der Waals surface area contributed by atoms with Crippen LogP contribution in [-0.2, 0) is 51.0 Å². The van der Waals surface area contributed by atoms with E-state index in [1.807, 2.05) is 12.1 Å². The number of rotatable bonds is 15. The van der Waals surface area contributed by atoms with Crippen LogP contribution in [0.1, 0.15) is 86.3 Å². The predicted molar refractivity (Wildman–Crippen MR) is 219 cm³/mol. The minimum atomic E-state index is -0.819. The summed E-state index contributed by atoms with van der Waals surface area (Å²) >= 11 is 11.6. The van der Waals surface area contributed by atoms with Crippen LogP contribution in [0.25, 0.3) is 0 Å². The van der Waals surface area contributed by atoms with Crippen LogP contribution < -0.4 is 21.7 Å². The predicted octanol–water partition coefficient (Wildman–Crippen LogP) is 6.53. The summed E-state index contributed by atoms with van der Waals surface area (Å²) < 4.78 is 19.9. The molecule has 5 N–H and O–H groups in total. The first-order valence-electron chi connectivity index (χ1n) is 17.8. The number of carbonyl (C=O) groups excluding carboxylic acids is 6. The number of nitrogens with one attached hydrogen (secondary N) is 3. The lowest BCUT2D eigenvalue weighted by Crippen LogP contribution is -2.44. The summed E-state index contributed by atoms with van der Waals surface area (Å²) in [7, 11) is 0. The van der Waals surface area contributed by atoms with Gasteiger partial charge in [-0.3, -0.25) is 14.4 Å². The van der Waals surface area contributed by atoms with E-state index in [4.69, 9.17) is 47.9 Å². The molecule has 14 nitrogen and oxygen atoms in total. The molecule has 0 saturated carbocycles. The van der Waals surface area contributed by atoms with Crippen LogP contribution in [0.15, 0.2) is 48.5 Å². The summed E-state index contributed by atoms with van der Waals surface area (Å²) in [6, 6.07) is 12.8. The van der Waals surface area contributed by atoms with E-state index in [-0.39, 0.29) is 56.1 Å². The highest BCUT2D eigenvalue weighted by molar-refractivity contribution is 6.30. The van der Waals surface area contributed by atoms with E-state index in [0.29, 0.717) is 36.0 Å². The zero-order valence-corrected chi connectivity index (χ0v) is 36.1. The lowest BCUT2D eigenvalue weighted by molar-refractivity contribution is -0.147. The molecule has 0 fully saturated rings. The lowest BCUT2D eigenvalue weighted by atomic mass is 10.1. The van der Waals surface area contributed by atoms with Gasteiger partial charge in [-0.25, -0.2) is 14.4 Å². The standard InChI is InChI=1S/C19H27ClN2O5.C11H14ClNO2.C9H17NO3.ClH/c1-5-26-17(24)15(12-13-6-8-14(20)9-7-13)22-16(23)10-11-21-18(25)27-19(2,3)4;1-2-15-11(14)10(13)7-8-3-5-9(12)6-4-8;1-7(11)5-6-10-8(12)13-9(2,3)4;/h6-9,15H,5,10-12H2,1-4H3,(H,21,25)(H,22,23);3-6,10H,2,7,13H2,1H3;5-6H2,1-4H3,(H,10,12);1H. The number of amides is 3. The SMILES string of the molecule is CC(=O)CCNC(=O)OC(C)(C)C.CCOC(=O)C(Cc1ccc(Cl)cc1)NC(=O)CCNC(=O)OC(C)(C)C.CCOC(=O)C(N)Cc1ccc(Cl)cc1.Cl. The van der Waals surface area contributed by atoms with Gasteiger partial charge >= 0.3 is 24.1 Å². The van der Waals surface area contributed by atoms with Gasteiger partial charge in [0, 0.05) is 42.4 Å². The Hall–Kier alpha value is -4.11. The van der Waals surface area contributed by atoms with Crippen LogP contribution in [0.5, 0.6) is 0 Å². The third-order valence-corrected chi connectivity index (χ3v) is 6.89. The van der Waals surface area contributed by atoms with Crippen LogP contribution in [-0.4, -0.2) is 85.4 Å². The van der Waals surface area contributed by atoms with Gasteiger partial charge in [0.2, 0.25) is 5.91 Å². The molecule has 3 amide bonds. The van der Waals surface area contributed by atoms with E-state index >= 15 is 0 Å². The van der Waals surface area contributed by atoms with Crippen LogP contribution in [0, 0.1) is 0 Å². The Morgan fingerprint density at radius 2 is 1.05 bits per heavy atom.